The number of aliphatic carboxylic acids is 1. The molecule has 1 unspecified atom stereocenters. The summed E-state index contributed by atoms with van der Waals surface area (Å²) in [5.41, 5.74) is 0.667. The summed E-state index contributed by atoms with van der Waals surface area (Å²) < 4.78 is 0. The number of nitrogens with zero attached hydrogens (tertiary/aromatic N) is 1. The summed E-state index contributed by atoms with van der Waals surface area (Å²) in [7, 11) is 0. The number of amides is 1. The fraction of sp³-hybridized carbons (Fsp3) is 0.529. The quantitative estimate of drug-likeness (QED) is 0.929. The van der Waals surface area contributed by atoms with E-state index in [1.54, 1.807) is 4.90 Å². The van der Waals surface area contributed by atoms with Gasteiger partial charge in [0, 0.05) is 13.1 Å². The van der Waals surface area contributed by atoms with E-state index >= 15 is 0 Å². The smallest absolute Gasteiger partial charge is 0.308 e. The summed E-state index contributed by atoms with van der Waals surface area (Å²) in [5.74, 6) is -1.05. The normalized spacial score (nSPS) is 24.2. The van der Waals surface area contributed by atoms with E-state index < -0.39 is 17.3 Å². The summed E-state index contributed by atoms with van der Waals surface area (Å²) >= 11 is 0. The Morgan fingerprint density at radius 2 is 1.81 bits per heavy atom. The maximum Gasteiger partial charge on any atom is 0.308 e. The molecule has 1 heterocycles. The first-order valence-electron chi connectivity index (χ1n) is 7.71. The number of likely N-dealkylation sites (tertiary alicyclic amines) is 1. The number of carboxylic acids is 1. The van der Waals surface area contributed by atoms with Crippen LogP contribution in [0.1, 0.15) is 37.7 Å². The van der Waals surface area contributed by atoms with Gasteiger partial charge in [0.15, 0.2) is 0 Å². The van der Waals surface area contributed by atoms with Crippen molar-refractivity contribution in [2.45, 2.75) is 37.5 Å². The van der Waals surface area contributed by atoms with Crippen LogP contribution in [0.3, 0.4) is 0 Å². The fourth-order valence-corrected chi connectivity index (χ4v) is 3.81. The van der Waals surface area contributed by atoms with Crippen molar-refractivity contribution >= 4 is 11.9 Å². The van der Waals surface area contributed by atoms with Crippen molar-refractivity contribution in [1.82, 2.24) is 4.90 Å². The van der Waals surface area contributed by atoms with E-state index in [1.165, 1.54) is 0 Å². The van der Waals surface area contributed by atoms with Gasteiger partial charge in [-0.05, 0) is 24.8 Å². The van der Waals surface area contributed by atoms with Crippen molar-refractivity contribution in [1.29, 1.82) is 0 Å². The molecule has 3 rings (SSSR count). The molecular weight excluding hydrogens is 266 g/mol. The molecule has 1 aliphatic heterocycles. The van der Waals surface area contributed by atoms with Gasteiger partial charge in [0.05, 0.1) is 11.3 Å². The van der Waals surface area contributed by atoms with Gasteiger partial charge in [-0.2, -0.15) is 0 Å². The van der Waals surface area contributed by atoms with Crippen LogP contribution in [0.4, 0.5) is 0 Å². The molecule has 0 bridgehead atoms. The van der Waals surface area contributed by atoms with Gasteiger partial charge >= 0.3 is 5.97 Å². The number of benzene rings is 1. The highest BCUT2D eigenvalue weighted by Gasteiger charge is 2.46. The SMILES string of the molecule is O=C(O)C1CCN(C(=O)C2(c3ccccc3)CCCC2)C1. The lowest BCUT2D eigenvalue weighted by Crippen LogP contribution is -2.44. The topological polar surface area (TPSA) is 57.6 Å². The second-order valence-electron chi connectivity index (χ2n) is 6.23. The van der Waals surface area contributed by atoms with Crippen LogP contribution in [0.5, 0.6) is 0 Å². The van der Waals surface area contributed by atoms with Crippen LogP contribution in [0.15, 0.2) is 30.3 Å². The maximum absolute atomic E-state index is 13.1. The van der Waals surface area contributed by atoms with E-state index in [0.717, 1.165) is 31.2 Å². The predicted octanol–water partition coefficient (Wildman–Crippen LogP) is 2.43. The zero-order valence-corrected chi connectivity index (χ0v) is 12.1. The number of hydrogen-bond donors (Lipinski definition) is 1. The Labute approximate surface area is 124 Å². The van der Waals surface area contributed by atoms with Crippen molar-refractivity contribution in [3.05, 3.63) is 35.9 Å². The third kappa shape index (κ3) is 2.43. The number of carboxylic acid groups (broad SMARTS) is 1. The van der Waals surface area contributed by atoms with Crippen LogP contribution >= 0.6 is 0 Å². The van der Waals surface area contributed by atoms with E-state index in [1.807, 2.05) is 30.3 Å². The highest BCUT2D eigenvalue weighted by Crippen LogP contribution is 2.43. The second kappa shape index (κ2) is 5.51. The lowest BCUT2D eigenvalue weighted by atomic mass is 9.77. The molecule has 21 heavy (non-hydrogen) atoms. The summed E-state index contributed by atoms with van der Waals surface area (Å²) in [5, 5.41) is 9.12. The van der Waals surface area contributed by atoms with Gasteiger partial charge in [-0.1, -0.05) is 43.2 Å². The summed E-state index contributed by atoms with van der Waals surface area (Å²) in [4.78, 5) is 25.9. The molecule has 2 fully saturated rings. The second-order valence-corrected chi connectivity index (χ2v) is 6.23. The van der Waals surface area contributed by atoms with Gasteiger partial charge in [-0.15, -0.1) is 0 Å². The first-order chi connectivity index (χ1) is 10.1. The molecule has 1 amide bonds. The van der Waals surface area contributed by atoms with Crippen molar-refractivity contribution in [3.63, 3.8) is 0 Å². The molecule has 0 radical (unpaired) electrons. The van der Waals surface area contributed by atoms with Crippen molar-refractivity contribution < 1.29 is 14.7 Å². The van der Waals surface area contributed by atoms with Crippen LogP contribution in [-0.2, 0) is 15.0 Å². The van der Waals surface area contributed by atoms with Crippen LogP contribution < -0.4 is 0 Å². The molecule has 0 aromatic heterocycles. The number of hydrogen-bond acceptors (Lipinski definition) is 2. The number of carbonyl (C=O) groups excluding carboxylic acids is 1. The monoisotopic (exact) mass is 287 g/mol. The average molecular weight is 287 g/mol. The molecule has 112 valence electrons. The minimum atomic E-state index is -0.787. The molecular formula is C17H21NO3. The zero-order valence-electron chi connectivity index (χ0n) is 12.1. The Balaban J connectivity index is 1.85. The minimum absolute atomic E-state index is 0.134. The van der Waals surface area contributed by atoms with E-state index in [-0.39, 0.29) is 5.91 Å². The van der Waals surface area contributed by atoms with Crippen LogP contribution in [0, 0.1) is 5.92 Å². The minimum Gasteiger partial charge on any atom is -0.481 e. The molecule has 1 aromatic carbocycles. The fourth-order valence-electron chi connectivity index (χ4n) is 3.81. The van der Waals surface area contributed by atoms with Gasteiger partial charge in [0.1, 0.15) is 0 Å². The van der Waals surface area contributed by atoms with Gasteiger partial charge in [-0.3, -0.25) is 9.59 Å². The van der Waals surface area contributed by atoms with Crippen LogP contribution in [0.25, 0.3) is 0 Å². The molecule has 4 nitrogen and oxygen atoms in total. The lowest BCUT2D eigenvalue weighted by Gasteiger charge is -2.33. The summed E-state index contributed by atoms with van der Waals surface area (Å²) in [6, 6.07) is 9.99. The van der Waals surface area contributed by atoms with Gasteiger partial charge < -0.3 is 10.0 Å². The van der Waals surface area contributed by atoms with Crippen LogP contribution in [0.2, 0.25) is 0 Å². The third-order valence-corrected chi connectivity index (χ3v) is 5.02. The molecule has 1 aliphatic carbocycles. The van der Waals surface area contributed by atoms with Crippen molar-refractivity contribution in [3.8, 4) is 0 Å². The van der Waals surface area contributed by atoms with E-state index in [4.69, 9.17) is 5.11 Å². The van der Waals surface area contributed by atoms with Gasteiger partial charge in [0.2, 0.25) is 5.91 Å². The first-order valence-corrected chi connectivity index (χ1v) is 7.71. The first kappa shape index (κ1) is 14.1. The van der Waals surface area contributed by atoms with Gasteiger partial charge in [0.25, 0.3) is 0 Å². The summed E-state index contributed by atoms with van der Waals surface area (Å²) in [6.07, 6.45) is 4.47. The van der Waals surface area contributed by atoms with Crippen LogP contribution in [-0.4, -0.2) is 35.0 Å². The zero-order chi connectivity index (χ0) is 14.9. The Hall–Kier alpha value is -1.84. The van der Waals surface area contributed by atoms with E-state index in [9.17, 15) is 9.59 Å². The summed E-state index contributed by atoms with van der Waals surface area (Å²) in [6.45, 7) is 0.938. The number of rotatable bonds is 3. The highest BCUT2D eigenvalue weighted by atomic mass is 16.4. The molecule has 1 saturated carbocycles. The highest BCUT2D eigenvalue weighted by molar-refractivity contribution is 5.89. The average Bonchev–Trinajstić information content (AvgIpc) is 3.18. The molecule has 4 heteroatoms. The third-order valence-electron chi connectivity index (χ3n) is 5.02. The van der Waals surface area contributed by atoms with Crippen molar-refractivity contribution in [2.75, 3.05) is 13.1 Å². The molecule has 1 N–H and O–H groups in total. The van der Waals surface area contributed by atoms with Crippen molar-refractivity contribution in [2.24, 2.45) is 5.92 Å². The molecule has 1 saturated heterocycles. The predicted molar refractivity (Wildman–Crippen MR) is 78.9 cm³/mol. The Bertz CT molecular complexity index is 534. The molecule has 0 spiro atoms. The van der Waals surface area contributed by atoms with E-state index in [0.29, 0.717) is 19.5 Å². The Morgan fingerprint density at radius 1 is 1.14 bits per heavy atom. The largest absolute Gasteiger partial charge is 0.481 e. The standard InChI is InChI=1S/C17H21NO3/c19-15(20)13-8-11-18(12-13)16(21)17(9-4-5-10-17)14-6-2-1-3-7-14/h1-3,6-7,13H,4-5,8-12H2,(H,19,20). The van der Waals surface area contributed by atoms with E-state index in [2.05, 4.69) is 0 Å². The van der Waals surface area contributed by atoms with Gasteiger partial charge in [-0.25, -0.2) is 0 Å². The molecule has 2 aliphatic rings. The molecule has 1 aromatic rings. The Morgan fingerprint density at radius 3 is 2.38 bits per heavy atom. The lowest BCUT2D eigenvalue weighted by molar-refractivity contribution is -0.142. The Kier molecular flexibility index (Phi) is 3.70. The molecule has 1 atom stereocenters. The maximum atomic E-state index is 13.1. The number of carbonyl (C=O) groups is 2.